The Morgan fingerprint density at radius 2 is 1.82 bits per heavy atom. The van der Waals surface area contributed by atoms with Gasteiger partial charge in [-0.3, -0.25) is 0 Å². The van der Waals surface area contributed by atoms with E-state index in [1.165, 1.54) is 5.56 Å². The van der Waals surface area contributed by atoms with Crippen LogP contribution in [0.15, 0.2) is 42.7 Å². The molecule has 0 atom stereocenters. The predicted molar refractivity (Wildman–Crippen MR) is 68.8 cm³/mol. The fourth-order valence-corrected chi connectivity index (χ4v) is 1.74. The zero-order valence-corrected chi connectivity index (χ0v) is 12.3. The van der Waals surface area contributed by atoms with Gasteiger partial charge in [-0.25, -0.2) is 0 Å². The monoisotopic (exact) mass is 344 g/mol. The van der Waals surface area contributed by atoms with Gasteiger partial charge in [0, 0.05) is 25.0 Å². The van der Waals surface area contributed by atoms with Gasteiger partial charge in [-0.05, 0) is 19.4 Å². The van der Waals surface area contributed by atoms with Crippen molar-refractivity contribution in [2.24, 2.45) is 0 Å². The zero-order chi connectivity index (χ0) is 12.7. The summed E-state index contributed by atoms with van der Waals surface area (Å²) in [6.45, 7) is 6.44. The molecular weight excluding hydrogens is 327 g/mol. The molecular formula is C13H18AgClN2. The van der Waals surface area contributed by atoms with Gasteiger partial charge in [0.05, 0.1) is 6.67 Å². The molecule has 0 bridgehead atoms. The Kier molecular flexibility index (Phi) is 6.75. The normalized spacial score (nSPS) is 14.0. The Morgan fingerprint density at radius 3 is 2.35 bits per heavy atom. The summed E-state index contributed by atoms with van der Waals surface area (Å²) >= 11 is 2.42. The van der Waals surface area contributed by atoms with Gasteiger partial charge >= 0.3 is 29.2 Å². The first-order chi connectivity index (χ1) is 8.25. The SMILES string of the molecule is CC(C)N1C=CN(Cc2ccccc2)C1.[Cl][Ag]. The van der Waals surface area contributed by atoms with Crippen LogP contribution in [0, 0.1) is 0 Å². The van der Waals surface area contributed by atoms with Crippen LogP contribution >= 0.6 is 9.19 Å². The second-order valence-corrected chi connectivity index (χ2v) is 4.28. The summed E-state index contributed by atoms with van der Waals surface area (Å²) in [5.74, 6) is 0. The van der Waals surface area contributed by atoms with Gasteiger partial charge in [-0.15, -0.1) is 0 Å². The number of benzene rings is 1. The predicted octanol–water partition coefficient (Wildman–Crippen LogP) is 3.33. The summed E-state index contributed by atoms with van der Waals surface area (Å²) in [7, 11) is 4.45. The number of hydrogen-bond donors (Lipinski definition) is 0. The van der Waals surface area contributed by atoms with Crippen LogP contribution in [0.4, 0.5) is 0 Å². The molecule has 2 nitrogen and oxygen atoms in total. The Morgan fingerprint density at radius 1 is 1.18 bits per heavy atom. The Bertz CT molecular complexity index is 341. The second kappa shape index (κ2) is 7.83. The van der Waals surface area contributed by atoms with Crippen molar-refractivity contribution in [3.63, 3.8) is 0 Å². The maximum atomic E-state index is 4.45. The molecule has 0 unspecified atom stereocenters. The van der Waals surface area contributed by atoms with E-state index >= 15 is 0 Å². The average molecular weight is 346 g/mol. The molecule has 1 aliphatic heterocycles. The van der Waals surface area contributed by atoms with Crippen LogP contribution < -0.4 is 0 Å². The Hall–Kier alpha value is -0.410. The standard InChI is InChI=1S/C13H18N2.Ag.ClH/c1-12(2)15-9-8-14(11-15)10-13-6-4-3-5-7-13;;/h3-9,12H,10-11H2,1-2H3;;1H/q;+1;/p-1. The molecule has 98 valence electrons. The number of rotatable bonds is 3. The number of nitrogens with zero attached hydrogens (tertiary/aromatic N) is 2. The molecule has 0 N–H and O–H groups in total. The molecule has 0 radical (unpaired) electrons. The van der Waals surface area contributed by atoms with E-state index in [9.17, 15) is 0 Å². The molecule has 1 aromatic rings. The van der Waals surface area contributed by atoms with Gasteiger partial charge in [-0.1, -0.05) is 30.3 Å². The molecule has 0 spiro atoms. The third-order valence-electron chi connectivity index (χ3n) is 2.71. The fourth-order valence-electron chi connectivity index (χ4n) is 1.74. The Labute approximate surface area is 120 Å². The van der Waals surface area contributed by atoms with Gasteiger partial charge in [0.25, 0.3) is 0 Å². The van der Waals surface area contributed by atoms with Gasteiger partial charge in [0.2, 0.25) is 0 Å². The van der Waals surface area contributed by atoms with Crippen LogP contribution in [0.25, 0.3) is 0 Å². The van der Waals surface area contributed by atoms with Crippen LogP contribution in [0.3, 0.4) is 0 Å². The van der Waals surface area contributed by atoms with E-state index in [2.05, 4.69) is 95.6 Å². The first-order valence-corrected chi connectivity index (χ1v) is 7.50. The van der Waals surface area contributed by atoms with Crippen molar-refractivity contribution in [2.75, 3.05) is 6.67 Å². The molecule has 0 amide bonds. The van der Waals surface area contributed by atoms with E-state index < -0.39 is 0 Å². The van der Waals surface area contributed by atoms with Crippen molar-refractivity contribution in [1.82, 2.24) is 9.80 Å². The average Bonchev–Trinajstić information content (AvgIpc) is 2.82. The molecule has 2 rings (SSSR count). The first kappa shape index (κ1) is 14.7. The number of halogens is 1. The molecule has 0 aromatic heterocycles. The van der Waals surface area contributed by atoms with Crippen molar-refractivity contribution in [3.05, 3.63) is 48.3 Å². The van der Waals surface area contributed by atoms with E-state index in [0.717, 1.165) is 13.2 Å². The first-order valence-electron chi connectivity index (χ1n) is 5.59. The van der Waals surface area contributed by atoms with Crippen LogP contribution in [0.1, 0.15) is 19.4 Å². The van der Waals surface area contributed by atoms with Crippen molar-refractivity contribution in [1.29, 1.82) is 0 Å². The summed E-state index contributed by atoms with van der Waals surface area (Å²) < 4.78 is 0. The molecule has 1 aliphatic rings. The summed E-state index contributed by atoms with van der Waals surface area (Å²) in [6, 6.07) is 11.2. The van der Waals surface area contributed by atoms with Crippen molar-refractivity contribution < 1.29 is 20.0 Å². The van der Waals surface area contributed by atoms with Crippen LogP contribution in [-0.4, -0.2) is 22.5 Å². The summed E-state index contributed by atoms with van der Waals surface area (Å²) in [4.78, 5) is 4.66. The topological polar surface area (TPSA) is 6.48 Å². The van der Waals surface area contributed by atoms with E-state index in [4.69, 9.17) is 0 Å². The van der Waals surface area contributed by atoms with Crippen molar-refractivity contribution >= 4 is 9.19 Å². The molecule has 0 fully saturated rings. The third kappa shape index (κ3) is 4.76. The number of hydrogen-bond acceptors (Lipinski definition) is 2. The van der Waals surface area contributed by atoms with E-state index in [1.807, 2.05) is 0 Å². The van der Waals surface area contributed by atoms with Crippen molar-refractivity contribution in [2.45, 2.75) is 26.4 Å². The van der Waals surface area contributed by atoms with Gasteiger partial charge in [0.1, 0.15) is 0 Å². The second-order valence-electron chi connectivity index (χ2n) is 4.28. The van der Waals surface area contributed by atoms with Gasteiger partial charge in [0.15, 0.2) is 0 Å². The van der Waals surface area contributed by atoms with E-state index in [-0.39, 0.29) is 0 Å². The third-order valence-corrected chi connectivity index (χ3v) is 2.71. The van der Waals surface area contributed by atoms with Crippen LogP contribution in [-0.2, 0) is 26.5 Å². The van der Waals surface area contributed by atoms with Crippen LogP contribution in [0.2, 0.25) is 0 Å². The van der Waals surface area contributed by atoms with Gasteiger partial charge < -0.3 is 9.80 Å². The minimum absolute atomic E-state index is 0.585. The van der Waals surface area contributed by atoms with E-state index in [1.54, 1.807) is 0 Å². The van der Waals surface area contributed by atoms with E-state index in [0.29, 0.717) is 6.04 Å². The zero-order valence-electron chi connectivity index (χ0n) is 10.1. The van der Waals surface area contributed by atoms with Crippen molar-refractivity contribution in [3.8, 4) is 0 Å². The quantitative estimate of drug-likeness (QED) is 0.775. The fraction of sp³-hybridized carbons (Fsp3) is 0.385. The Balaban J connectivity index is 0.000000686. The summed E-state index contributed by atoms with van der Waals surface area (Å²) in [6.07, 6.45) is 4.35. The summed E-state index contributed by atoms with van der Waals surface area (Å²) in [5, 5.41) is 0. The molecule has 1 heterocycles. The van der Waals surface area contributed by atoms with Crippen LogP contribution in [0.5, 0.6) is 0 Å². The molecule has 0 aliphatic carbocycles. The minimum atomic E-state index is 0.585. The molecule has 17 heavy (non-hydrogen) atoms. The maximum absolute atomic E-state index is 4.45. The summed E-state index contributed by atoms with van der Waals surface area (Å²) in [5.41, 5.74) is 1.37. The molecule has 0 saturated carbocycles. The molecule has 4 heteroatoms. The molecule has 1 aromatic carbocycles. The molecule has 0 saturated heterocycles. The van der Waals surface area contributed by atoms with Gasteiger partial charge in [-0.2, -0.15) is 0 Å².